The van der Waals surface area contributed by atoms with Crippen LogP contribution in [0.25, 0.3) is 0 Å². The number of carbonyl (C=O) groups is 1. The van der Waals surface area contributed by atoms with Crippen LogP contribution in [-0.2, 0) is 14.3 Å². The molecule has 23 heavy (non-hydrogen) atoms. The molecule has 126 valence electrons. The highest BCUT2D eigenvalue weighted by molar-refractivity contribution is 5.78. The maximum absolute atomic E-state index is 12.6. The van der Waals surface area contributed by atoms with Crippen LogP contribution in [0, 0.1) is 13.8 Å². The molecule has 2 saturated heterocycles. The molecule has 0 radical (unpaired) electrons. The topological polar surface area (TPSA) is 48.0 Å². The van der Waals surface area contributed by atoms with E-state index in [1.54, 1.807) is 0 Å². The molecule has 2 heterocycles. The average molecular weight is 319 g/mol. The number of hydrogen-bond donors (Lipinski definition) is 0. The average Bonchev–Trinajstić information content (AvgIpc) is 3.08. The number of likely N-dealkylation sites (tertiary alicyclic amines) is 1. The number of carbonyl (C=O) groups excluding carboxylic acids is 1. The van der Waals surface area contributed by atoms with Gasteiger partial charge in [0.15, 0.2) is 12.9 Å². The number of aryl methyl sites for hydroxylation is 2. The molecule has 5 heteroatoms. The van der Waals surface area contributed by atoms with Crippen LogP contribution in [0.15, 0.2) is 18.2 Å². The Kier molecular flexibility index (Phi) is 5.18. The van der Waals surface area contributed by atoms with Gasteiger partial charge in [-0.1, -0.05) is 17.7 Å². The van der Waals surface area contributed by atoms with Gasteiger partial charge in [0.25, 0.3) is 5.91 Å². The summed E-state index contributed by atoms with van der Waals surface area (Å²) in [6.45, 7) is 6.08. The van der Waals surface area contributed by atoms with Crippen LogP contribution < -0.4 is 4.74 Å². The summed E-state index contributed by atoms with van der Waals surface area (Å²) in [5.41, 5.74) is 2.24. The number of amides is 1. The fraction of sp³-hybridized carbons (Fsp3) is 0.611. The molecule has 0 bridgehead atoms. The molecule has 1 atom stereocenters. The van der Waals surface area contributed by atoms with Gasteiger partial charge in [-0.15, -0.1) is 0 Å². The quantitative estimate of drug-likeness (QED) is 0.855. The summed E-state index contributed by atoms with van der Waals surface area (Å²) in [5, 5.41) is 0. The lowest BCUT2D eigenvalue weighted by atomic mass is 10.0. The molecule has 2 aliphatic heterocycles. The monoisotopic (exact) mass is 319 g/mol. The lowest BCUT2D eigenvalue weighted by molar-refractivity contribution is -0.152. The van der Waals surface area contributed by atoms with Crippen LogP contribution in [-0.4, -0.2) is 49.5 Å². The molecule has 2 aliphatic rings. The third-order valence-corrected chi connectivity index (χ3v) is 4.51. The van der Waals surface area contributed by atoms with Crippen molar-refractivity contribution >= 4 is 5.91 Å². The summed E-state index contributed by atoms with van der Waals surface area (Å²) in [7, 11) is 0. The Hall–Kier alpha value is -1.59. The molecule has 1 aromatic carbocycles. The van der Waals surface area contributed by atoms with E-state index < -0.39 is 0 Å². The highest BCUT2D eigenvalue weighted by Crippen LogP contribution is 2.25. The maximum Gasteiger partial charge on any atom is 0.260 e. The normalized spacial score (nSPS) is 22.3. The predicted molar refractivity (Wildman–Crippen MR) is 86.5 cm³/mol. The van der Waals surface area contributed by atoms with Gasteiger partial charge in [0.1, 0.15) is 5.75 Å². The van der Waals surface area contributed by atoms with E-state index in [0.717, 1.165) is 37.1 Å². The third-order valence-electron chi connectivity index (χ3n) is 4.51. The molecule has 1 unspecified atom stereocenters. The second kappa shape index (κ2) is 7.32. The molecule has 3 rings (SSSR count). The minimum absolute atomic E-state index is 0.00813. The largest absolute Gasteiger partial charge is 0.484 e. The Labute approximate surface area is 137 Å². The van der Waals surface area contributed by atoms with Gasteiger partial charge < -0.3 is 19.1 Å². The van der Waals surface area contributed by atoms with Crippen molar-refractivity contribution in [3.05, 3.63) is 29.3 Å². The minimum atomic E-state index is -0.277. The van der Waals surface area contributed by atoms with Crippen molar-refractivity contribution in [2.24, 2.45) is 0 Å². The number of benzene rings is 1. The Morgan fingerprint density at radius 1 is 1.26 bits per heavy atom. The van der Waals surface area contributed by atoms with Gasteiger partial charge in [0.2, 0.25) is 0 Å². The van der Waals surface area contributed by atoms with E-state index in [1.807, 2.05) is 30.9 Å². The molecule has 0 saturated carbocycles. The van der Waals surface area contributed by atoms with Crippen LogP contribution in [0.1, 0.15) is 30.4 Å². The Bertz CT molecular complexity index is 554. The first-order valence-electron chi connectivity index (χ1n) is 8.38. The Morgan fingerprint density at radius 3 is 2.78 bits per heavy atom. The Balaban J connectivity index is 1.61. The summed E-state index contributed by atoms with van der Waals surface area (Å²) in [6.07, 6.45) is 2.79. The van der Waals surface area contributed by atoms with Gasteiger partial charge in [0, 0.05) is 6.54 Å². The molecule has 0 spiro atoms. The van der Waals surface area contributed by atoms with Crippen LogP contribution >= 0.6 is 0 Å². The molecule has 0 aliphatic carbocycles. The predicted octanol–water partition coefficient (Wildman–Crippen LogP) is 2.44. The van der Waals surface area contributed by atoms with E-state index in [-0.39, 0.29) is 24.8 Å². The number of ether oxygens (including phenoxy) is 3. The van der Waals surface area contributed by atoms with E-state index >= 15 is 0 Å². The first-order chi connectivity index (χ1) is 11.1. The Morgan fingerprint density at radius 2 is 2.04 bits per heavy atom. The fourth-order valence-electron chi connectivity index (χ4n) is 3.33. The van der Waals surface area contributed by atoms with Gasteiger partial charge in [-0.2, -0.15) is 0 Å². The van der Waals surface area contributed by atoms with Crippen molar-refractivity contribution in [3.8, 4) is 5.75 Å². The SMILES string of the molecule is Cc1ccc(OCC(=O)N2CCCCC2C2OCCO2)c(C)c1. The molecule has 0 N–H and O–H groups in total. The zero-order valence-electron chi connectivity index (χ0n) is 13.9. The lowest BCUT2D eigenvalue weighted by Gasteiger charge is -2.37. The molecule has 1 aromatic rings. The van der Waals surface area contributed by atoms with Crippen molar-refractivity contribution < 1.29 is 19.0 Å². The van der Waals surface area contributed by atoms with Gasteiger partial charge in [-0.25, -0.2) is 0 Å². The first kappa shape index (κ1) is 16.3. The summed E-state index contributed by atoms with van der Waals surface area (Å²) in [5.74, 6) is 0.777. The standard InChI is InChI=1S/C18H25NO4/c1-13-6-7-16(14(2)11-13)23-12-17(20)19-8-4-3-5-15(19)18-21-9-10-22-18/h6-7,11,15,18H,3-5,8-10,12H2,1-2H3. The van der Waals surface area contributed by atoms with Crippen molar-refractivity contribution in [3.63, 3.8) is 0 Å². The van der Waals surface area contributed by atoms with E-state index in [2.05, 4.69) is 6.07 Å². The van der Waals surface area contributed by atoms with Gasteiger partial charge in [-0.3, -0.25) is 4.79 Å². The highest BCUT2D eigenvalue weighted by atomic mass is 16.7. The number of rotatable bonds is 4. The first-order valence-corrected chi connectivity index (χ1v) is 8.38. The summed E-state index contributed by atoms with van der Waals surface area (Å²) >= 11 is 0. The van der Waals surface area contributed by atoms with Crippen LogP contribution in [0.3, 0.4) is 0 Å². The summed E-state index contributed by atoms with van der Waals surface area (Å²) in [6, 6.07) is 6.00. The summed E-state index contributed by atoms with van der Waals surface area (Å²) < 4.78 is 17.0. The van der Waals surface area contributed by atoms with E-state index in [0.29, 0.717) is 13.2 Å². The van der Waals surface area contributed by atoms with Gasteiger partial charge in [0.05, 0.1) is 19.3 Å². The molecule has 5 nitrogen and oxygen atoms in total. The van der Waals surface area contributed by atoms with Crippen LogP contribution in [0.4, 0.5) is 0 Å². The van der Waals surface area contributed by atoms with Gasteiger partial charge in [-0.05, 0) is 44.7 Å². The third kappa shape index (κ3) is 3.85. The fourth-order valence-corrected chi connectivity index (χ4v) is 3.33. The molecule has 2 fully saturated rings. The number of hydrogen-bond acceptors (Lipinski definition) is 4. The van der Waals surface area contributed by atoms with E-state index in [1.165, 1.54) is 5.56 Å². The van der Waals surface area contributed by atoms with Crippen LogP contribution in [0.2, 0.25) is 0 Å². The second-order valence-electron chi connectivity index (χ2n) is 6.32. The van der Waals surface area contributed by atoms with Crippen molar-refractivity contribution in [2.75, 3.05) is 26.4 Å². The summed E-state index contributed by atoms with van der Waals surface area (Å²) in [4.78, 5) is 14.5. The van der Waals surface area contributed by atoms with Crippen molar-refractivity contribution in [2.45, 2.75) is 45.4 Å². The molecular formula is C18H25NO4. The zero-order chi connectivity index (χ0) is 16.2. The smallest absolute Gasteiger partial charge is 0.260 e. The number of nitrogens with zero attached hydrogens (tertiary/aromatic N) is 1. The van der Waals surface area contributed by atoms with E-state index in [9.17, 15) is 4.79 Å². The van der Waals surface area contributed by atoms with Crippen molar-refractivity contribution in [1.29, 1.82) is 0 Å². The van der Waals surface area contributed by atoms with Gasteiger partial charge >= 0.3 is 0 Å². The lowest BCUT2D eigenvalue weighted by Crippen LogP contribution is -2.51. The second-order valence-corrected chi connectivity index (χ2v) is 6.32. The number of piperidine rings is 1. The molecular weight excluding hydrogens is 294 g/mol. The van der Waals surface area contributed by atoms with E-state index in [4.69, 9.17) is 14.2 Å². The maximum atomic E-state index is 12.6. The molecule has 0 aromatic heterocycles. The van der Waals surface area contributed by atoms with Crippen molar-refractivity contribution in [1.82, 2.24) is 4.90 Å². The highest BCUT2D eigenvalue weighted by Gasteiger charge is 2.36. The minimum Gasteiger partial charge on any atom is -0.484 e. The van der Waals surface area contributed by atoms with Crippen LogP contribution in [0.5, 0.6) is 5.75 Å². The zero-order valence-corrected chi connectivity index (χ0v) is 13.9. The molecule has 1 amide bonds.